The molecule has 2 rings (SSSR count). The molecule has 1 fully saturated rings. The van der Waals surface area contributed by atoms with Gasteiger partial charge in [-0.2, -0.15) is 0 Å². The number of rotatable bonds is 6. The molecule has 1 aliphatic rings. The molecule has 1 aliphatic heterocycles. The molecule has 5 heteroatoms. The van der Waals surface area contributed by atoms with Crippen LogP contribution in [0.25, 0.3) is 0 Å². The van der Waals surface area contributed by atoms with Crippen molar-refractivity contribution in [2.45, 2.75) is 52.2 Å². The Labute approximate surface area is 132 Å². The first-order valence-corrected chi connectivity index (χ1v) is 8.69. The number of likely N-dealkylation sites (tertiary alicyclic amines) is 1. The normalized spacial score (nSPS) is 15.9. The summed E-state index contributed by atoms with van der Waals surface area (Å²) in [5.74, 6) is 0. The van der Waals surface area contributed by atoms with Crippen LogP contribution in [0.4, 0.5) is 4.79 Å². The fourth-order valence-electron chi connectivity index (χ4n) is 3.11. The van der Waals surface area contributed by atoms with Crippen molar-refractivity contribution in [2.75, 3.05) is 19.6 Å². The second kappa shape index (κ2) is 7.27. The van der Waals surface area contributed by atoms with Crippen molar-refractivity contribution in [1.29, 1.82) is 0 Å². The van der Waals surface area contributed by atoms with E-state index in [1.807, 2.05) is 11.0 Å². The van der Waals surface area contributed by atoms with E-state index in [-0.39, 0.29) is 6.03 Å². The van der Waals surface area contributed by atoms with Gasteiger partial charge in [0.1, 0.15) is 0 Å². The molecule has 1 aromatic heterocycles. The molecule has 1 saturated heterocycles. The number of hydrogen-bond donors (Lipinski definition) is 1. The maximum Gasteiger partial charge on any atom is 0.317 e. The van der Waals surface area contributed by atoms with E-state index in [1.165, 1.54) is 4.88 Å². The minimum absolute atomic E-state index is 0.0790. The van der Waals surface area contributed by atoms with E-state index < -0.39 is 0 Å². The van der Waals surface area contributed by atoms with Gasteiger partial charge < -0.3 is 10.2 Å². The van der Waals surface area contributed by atoms with Gasteiger partial charge in [0.15, 0.2) is 0 Å². The maximum atomic E-state index is 12.1. The summed E-state index contributed by atoms with van der Waals surface area (Å²) < 4.78 is 0. The molecule has 2 amide bonds. The molecule has 0 spiro atoms. The van der Waals surface area contributed by atoms with Gasteiger partial charge in [-0.05, 0) is 45.6 Å². The van der Waals surface area contributed by atoms with Gasteiger partial charge in [-0.3, -0.25) is 4.90 Å². The smallest absolute Gasteiger partial charge is 0.317 e. The lowest BCUT2D eigenvalue weighted by atomic mass is 10.0. The van der Waals surface area contributed by atoms with Crippen LogP contribution in [0.5, 0.6) is 0 Å². The molecule has 0 radical (unpaired) electrons. The van der Waals surface area contributed by atoms with Crippen LogP contribution in [-0.2, 0) is 6.42 Å². The van der Waals surface area contributed by atoms with E-state index in [1.54, 1.807) is 11.3 Å². The molecule has 4 nitrogen and oxygen atoms in total. The van der Waals surface area contributed by atoms with Gasteiger partial charge in [0.2, 0.25) is 0 Å². The summed E-state index contributed by atoms with van der Waals surface area (Å²) in [6.45, 7) is 11.3. The fourth-order valence-corrected chi connectivity index (χ4v) is 3.82. The lowest BCUT2D eigenvalue weighted by molar-refractivity contribution is 0.0172. The SMILES string of the molecule is CC(C)N(C(C)C)C1CN(C(=O)NCCc2cccs2)C1. The van der Waals surface area contributed by atoms with Crippen LogP contribution in [0.3, 0.4) is 0 Å². The Kier molecular flexibility index (Phi) is 5.65. The Morgan fingerprint density at radius 3 is 2.57 bits per heavy atom. The third kappa shape index (κ3) is 4.20. The summed E-state index contributed by atoms with van der Waals surface area (Å²) in [7, 11) is 0. The van der Waals surface area contributed by atoms with E-state index in [0.29, 0.717) is 18.1 Å². The summed E-state index contributed by atoms with van der Waals surface area (Å²) in [6.07, 6.45) is 0.921. The number of hydrogen-bond acceptors (Lipinski definition) is 3. The van der Waals surface area contributed by atoms with Crippen LogP contribution >= 0.6 is 11.3 Å². The van der Waals surface area contributed by atoms with Crippen LogP contribution in [-0.4, -0.2) is 53.6 Å². The number of thiophene rings is 1. The van der Waals surface area contributed by atoms with Crippen molar-refractivity contribution in [3.63, 3.8) is 0 Å². The number of nitrogens with one attached hydrogen (secondary N) is 1. The Bertz CT molecular complexity index is 430. The Hall–Kier alpha value is -1.07. The second-order valence-corrected chi connectivity index (χ2v) is 7.29. The zero-order valence-electron chi connectivity index (χ0n) is 13.5. The van der Waals surface area contributed by atoms with Crippen LogP contribution in [0.2, 0.25) is 0 Å². The standard InChI is InChI=1S/C16H27N3OS/c1-12(2)19(13(3)4)14-10-18(11-14)16(20)17-8-7-15-6-5-9-21-15/h5-6,9,12-14H,7-8,10-11H2,1-4H3,(H,17,20). The van der Waals surface area contributed by atoms with Gasteiger partial charge in [0.25, 0.3) is 0 Å². The minimum atomic E-state index is 0.0790. The largest absolute Gasteiger partial charge is 0.338 e. The highest BCUT2D eigenvalue weighted by Crippen LogP contribution is 2.20. The van der Waals surface area contributed by atoms with Gasteiger partial charge in [0, 0.05) is 42.6 Å². The maximum absolute atomic E-state index is 12.1. The molecule has 0 atom stereocenters. The van der Waals surface area contributed by atoms with Gasteiger partial charge >= 0.3 is 6.03 Å². The third-order valence-corrected chi connectivity index (χ3v) is 4.93. The summed E-state index contributed by atoms with van der Waals surface area (Å²) in [5.41, 5.74) is 0. The van der Waals surface area contributed by atoms with Crippen molar-refractivity contribution in [1.82, 2.24) is 15.1 Å². The topological polar surface area (TPSA) is 35.6 Å². The number of urea groups is 1. The van der Waals surface area contributed by atoms with Gasteiger partial charge in [-0.25, -0.2) is 4.79 Å². The minimum Gasteiger partial charge on any atom is -0.338 e. The van der Waals surface area contributed by atoms with Crippen LogP contribution in [0.1, 0.15) is 32.6 Å². The molecular formula is C16H27N3OS. The highest BCUT2D eigenvalue weighted by atomic mass is 32.1. The van der Waals surface area contributed by atoms with Gasteiger partial charge in [0.05, 0.1) is 0 Å². The lowest BCUT2D eigenvalue weighted by Gasteiger charge is -2.48. The first-order chi connectivity index (χ1) is 9.99. The van der Waals surface area contributed by atoms with Crippen molar-refractivity contribution in [3.8, 4) is 0 Å². The van der Waals surface area contributed by atoms with Crippen LogP contribution in [0.15, 0.2) is 17.5 Å². The van der Waals surface area contributed by atoms with E-state index in [4.69, 9.17) is 0 Å². The average molecular weight is 309 g/mol. The summed E-state index contributed by atoms with van der Waals surface area (Å²) in [6, 6.07) is 5.80. The van der Waals surface area contributed by atoms with Crippen molar-refractivity contribution in [2.24, 2.45) is 0 Å². The fraction of sp³-hybridized carbons (Fsp3) is 0.688. The quantitative estimate of drug-likeness (QED) is 0.877. The number of carbonyl (C=O) groups is 1. The molecule has 0 saturated carbocycles. The zero-order valence-corrected chi connectivity index (χ0v) is 14.3. The average Bonchev–Trinajstić information content (AvgIpc) is 2.84. The Morgan fingerprint density at radius 1 is 1.38 bits per heavy atom. The Balaban J connectivity index is 1.69. The molecule has 0 bridgehead atoms. The van der Waals surface area contributed by atoms with Crippen molar-refractivity contribution < 1.29 is 4.79 Å². The monoisotopic (exact) mass is 309 g/mol. The van der Waals surface area contributed by atoms with E-state index in [2.05, 4.69) is 49.4 Å². The molecule has 0 unspecified atom stereocenters. The first kappa shape index (κ1) is 16.3. The molecular weight excluding hydrogens is 282 g/mol. The molecule has 0 aromatic carbocycles. The van der Waals surface area contributed by atoms with Gasteiger partial charge in [-0.1, -0.05) is 6.07 Å². The third-order valence-electron chi connectivity index (χ3n) is 3.99. The Morgan fingerprint density at radius 2 is 2.05 bits per heavy atom. The highest BCUT2D eigenvalue weighted by molar-refractivity contribution is 7.09. The number of amides is 2. The molecule has 2 heterocycles. The molecule has 118 valence electrons. The van der Waals surface area contributed by atoms with Crippen LogP contribution in [0, 0.1) is 0 Å². The van der Waals surface area contributed by atoms with E-state index in [9.17, 15) is 4.79 Å². The molecule has 21 heavy (non-hydrogen) atoms. The lowest BCUT2D eigenvalue weighted by Crippen LogP contribution is -2.65. The van der Waals surface area contributed by atoms with Crippen molar-refractivity contribution >= 4 is 17.4 Å². The second-order valence-electron chi connectivity index (χ2n) is 6.25. The van der Waals surface area contributed by atoms with Crippen LogP contribution < -0.4 is 5.32 Å². The summed E-state index contributed by atoms with van der Waals surface area (Å²) >= 11 is 1.74. The number of carbonyl (C=O) groups excluding carboxylic acids is 1. The predicted octanol–water partition coefficient (Wildman–Crippen LogP) is 2.80. The molecule has 1 aromatic rings. The summed E-state index contributed by atoms with van der Waals surface area (Å²) in [5, 5.41) is 5.09. The number of nitrogens with zero attached hydrogens (tertiary/aromatic N) is 2. The molecule has 0 aliphatic carbocycles. The van der Waals surface area contributed by atoms with E-state index in [0.717, 1.165) is 26.1 Å². The summed E-state index contributed by atoms with van der Waals surface area (Å²) in [4.78, 5) is 17.8. The highest BCUT2D eigenvalue weighted by Gasteiger charge is 2.36. The zero-order chi connectivity index (χ0) is 15.4. The predicted molar refractivity (Wildman–Crippen MR) is 88.9 cm³/mol. The first-order valence-electron chi connectivity index (χ1n) is 7.81. The van der Waals surface area contributed by atoms with Crippen molar-refractivity contribution in [3.05, 3.63) is 22.4 Å². The van der Waals surface area contributed by atoms with E-state index >= 15 is 0 Å². The molecule has 1 N–H and O–H groups in total. The van der Waals surface area contributed by atoms with Gasteiger partial charge in [-0.15, -0.1) is 11.3 Å².